The van der Waals surface area contributed by atoms with Crippen molar-refractivity contribution in [3.63, 3.8) is 0 Å². The second kappa shape index (κ2) is 5.71. The molecule has 1 aromatic heterocycles. The van der Waals surface area contributed by atoms with Gasteiger partial charge in [0.25, 0.3) is 0 Å². The number of nitrogens with one attached hydrogen (secondary N) is 1. The first-order valence-electron chi connectivity index (χ1n) is 6.14. The minimum absolute atomic E-state index is 0.111. The van der Waals surface area contributed by atoms with Gasteiger partial charge in [-0.2, -0.15) is 0 Å². The first-order chi connectivity index (χ1) is 9.36. The molecular formula is C14H14ClF2N3. The van der Waals surface area contributed by atoms with Crippen molar-refractivity contribution in [1.29, 1.82) is 0 Å². The summed E-state index contributed by atoms with van der Waals surface area (Å²) in [6, 6.07) is 3.76. The van der Waals surface area contributed by atoms with Crippen molar-refractivity contribution in [2.24, 2.45) is 0 Å². The van der Waals surface area contributed by atoms with Crippen LogP contribution in [-0.4, -0.2) is 9.97 Å². The third-order valence-electron chi connectivity index (χ3n) is 2.76. The van der Waals surface area contributed by atoms with Crippen LogP contribution in [0.3, 0.4) is 0 Å². The maximum absolute atomic E-state index is 13.3. The van der Waals surface area contributed by atoms with Crippen LogP contribution in [0, 0.1) is 18.6 Å². The van der Waals surface area contributed by atoms with E-state index in [0.717, 1.165) is 12.1 Å². The predicted octanol–water partition coefficient (Wildman–Crippen LogP) is 4.58. The van der Waals surface area contributed by atoms with E-state index in [0.29, 0.717) is 28.0 Å². The zero-order valence-corrected chi connectivity index (χ0v) is 12.1. The molecule has 1 heterocycles. The van der Waals surface area contributed by atoms with Gasteiger partial charge in [-0.1, -0.05) is 25.4 Å². The first-order valence-corrected chi connectivity index (χ1v) is 6.51. The number of nitrogens with zero attached hydrogens (tertiary/aromatic N) is 2. The Hall–Kier alpha value is -1.75. The molecule has 0 aliphatic carbocycles. The average molecular weight is 298 g/mol. The average Bonchev–Trinajstić information content (AvgIpc) is 2.35. The van der Waals surface area contributed by atoms with E-state index in [1.54, 1.807) is 6.92 Å². The van der Waals surface area contributed by atoms with Gasteiger partial charge in [-0.3, -0.25) is 0 Å². The summed E-state index contributed by atoms with van der Waals surface area (Å²) in [5.74, 6) is -0.651. The van der Waals surface area contributed by atoms with Gasteiger partial charge in [0.2, 0.25) is 0 Å². The molecule has 2 aromatic rings. The van der Waals surface area contributed by atoms with E-state index in [1.807, 2.05) is 13.8 Å². The Balaban J connectivity index is 2.37. The number of hydrogen-bond acceptors (Lipinski definition) is 3. The fraction of sp³-hybridized carbons (Fsp3) is 0.286. The van der Waals surface area contributed by atoms with Crippen LogP contribution in [0.25, 0.3) is 0 Å². The third kappa shape index (κ3) is 3.22. The zero-order valence-electron chi connectivity index (χ0n) is 11.3. The van der Waals surface area contributed by atoms with Crippen LogP contribution in [0.4, 0.5) is 20.3 Å². The fourth-order valence-electron chi connectivity index (χ4n) is 1.68. The molecule has 0 aliphatic heterocycles. The summed E-state index contributed by atoms with van der Waals surface area (Å²) in [6.45, 7) is 5.56. The smallest absolute Gasteiger partial charge is 0.160 e. The highest BCUT2D eigenvalue weighted by atomic mass is 35.5. The van der Waals surface area contributed by atoms with Crippen molar-refractivity contribution in [2.45, 2.75) is 26.7 Å². The number of benzene rings is 1. The Kier molecular flexibility index (Phi) is 4.18. The lowest BCUT2D eigenvalue weighted by Crippen LogP contribution is -2.03. The van der Waals surface area contributed by atoms with Crippen LogP contribution >= 0.6 is 11.6 Å². The highest BCUT2D eigenvalue weighted by molar-refractivity contribution is 6.29. The van der Waals surface area contributed by atoms with Crippen molar-refractivity contribution in [3.8, 4) is 0 Å². The van der Waals surface area contributed by atoms with Crippen LogP contribution < -0.4 is 5.32 Å². The molecule has 0 spiro atoms. The number of hydrogen-bond donors (Lipinski definition) is 1. The Morgan fingerprint density at radius 3 is 2.40 bits per heavy atom. The topological polar surface area (TPSA) is 37.8 Å². The number of aromatic nitrogens is 2. The minimum atomic E-state index is -0.915. The van der Waals surface area contributed by atoms with Crippen molar-refractivity contribution >= 4 is 23.1 Å². The maximum Gasteiger partial charge on any atom is 0.160 e. The molecule has 6 heteroatoms. The van der Waals surface area contributed by atoms with Crippen LogP contribution in [-0.2, 0) is 0 Å². The van der Waals surface area contributed by atoms with E-state index >= 15 is 0 Å². The monoisotopic (exact) mass is 297 g/mol. The second-order valence-corrected chi connectivity index (χ2v) is 5.18. The molecule has 0 unspecified atom stereocenters. The van der Waals surface area contributed by atoms with E-state index in [9.17, 15) is 8.78 Å². The quantitative estimate of drug-likeness (QED) is 0.842. The van der Waals surface area contributed by atoms with E-state index < -0.39 is 11.6 Å². The van der Waals surface area contributed by atoms with Gasteiger partial charge in [0.05, 0.1) is 0 Å². The molecule has 20 heavy (non-hydrogen) atoms. The molecule has 2 rings (SSSR count). The van der Waals surface area contributed by atoms with E-state index in [4.69, 9.17) is 11.6 Å². The number of rotatable bonds is 3. The van der Waals surface area contributed by atoms with Gasteiger partial charge in [0.1, 0.15) is 16.8 Å². The number of anilines is 2. The molecule has 0 bridgehead atoms. The molecule has 1 N–H and O–H groups in total. The Bertz CT molecular complexity index is 645. The highest BCUT2D eigenvalue weighted by Crippen LogP contribution is 2.24. The molecule has 0 atom stereocenters. The summed E-state index contributed by atoms with van der Waals surface area (Å²) in [7, 11) is 0. The molecule has 0 radical (unpaired) electrons. The number of halogens is 3. The van der Waals surface area contributed by atoms with Crippen LogP contribution in [0.5, 0.6) is 0 Å². The Morgan fingerprint density at radius 1 is 1.10 bits per heavy atom. The van der Waals surface area contributed by atoms with Gasteiger partial charge in [0, 0.05) is 23.7 Å². The first kappa shape index (κ1) is 14.7. The molecule has 106 valence electrons. The van der Waals surface area contributed by atoms with E-state index in [2.05, 4.69) is 15.3 Å². The van der Waals surface area contributed by atoms with Gasteiger partial charge in [-0.05, 0) is 18.6 Å². The van der Waals surface area contributed by atoms with E-state index in [1.165, 1.54) is 6.07 Å². The van der Waals surface area contributed by atoms with Gasteiger partial charge in [-0.15, -0.1) is 0 Å². The SMILES string of the molecule is Cc1cc(F)c(F)cc1Nc1cc(Cl)nc(C(C)C)n1. The molecule has 0 saturated heterocycles. The Morgan fingerprint density at radius 2 is 1.75 bits per heavy atom. The Labute approximate surface area is 121 Å². The van der Waals surface area contributed by atoms with E-state index in [-0.39, 0.29) is 5.92 Å². The summed E-state index contributed by atoms with van der Waals surface area (Å²) in [5.41, 5.74) is 1.01. The van der Waals surface area contributed by atoms with Gasteiger partial charge < -0.3 is 5.32 Å². The molecule has 0 saturated carbocycles. The molecule has 0 fully saturated rings. The molecule has 3 nitrogen and oxygen atoms in total. The predicted molar refractivity (Wildman–Crippen MR) is 75.5 cm³/mol. The fourth-order valence-corrected chi connectivity index (χ4v) is 1.87. The summed E-state index contributed by atoms with van der Waals surface area (Å²) in [5, 5.41) is 3.23. The zero-order chi connectivity index (χ0) is 14.9. The van der Waals surface area contributed by atoms with Crippen molar-refractivity contribution in [2.75, 3.05) is 5.32 Å². The lowest BCUT2D eigenvalue weighted by molar-refractivity contribution is 0.508. The largest absolute Gasteiger partial charge is 0.340 e. The minimum Gasteiger partial charge on any atom is -0.340 e. The summed E-state index contributed by atoms with van der Waals surface area (Å²) < 4.78 is 26.4. The van der Waals surface area contributed by atoms with Crippen LogP contribution in [0.15, 0.2) is 18.2 Å². The van der Waals surface area contributed by atoms with Crippen molar-refractivity contribution in [1.82, 2.24) is 9.97 Å². The summed E-state index contributed by atoms with van der Waals surface area (Å²) in [4.78, 5) is 8.41. The molecule has 0 amide bonds. The van der Waals surface area contributed by atoms with Crippen molar-refractivity contribution < 1.29 is 8.78 Å². The summed E-state index contributed by atoms with van der Waals surface area (Å²) in [6.07, 6.45) is 0. The lowest BCUT2D eigenvalue weighted by Gasteiger charge is -2.12. The van der Waals surface area contributed by atoms with Gasteiger partial charge >= 0.3 is 0 Å². The molecule has 1 aromatic carbocycles. The van der Waals surface area contributed by atoms with Crippen LogP contribution in [0.2, 0.25) is 5.15 Å². The van der Waals surface area contributed by atoms with Gasteiger partial charge in [0.15, 0.2) is 11.6 Å². The summed E-state index contributed by atoms with van der Waals surface area (Å²) >= 11 is 5.93. The highest BCUT2D eigenvalue weighted by Gasteiger charge is 2.10. The third-order valence-corrected chi connectivity index (χ3v) is 2.95. The standard InChI is InChI=1S/C14H14ClF2N3/c1-7(2)14-19-12(15)6-13(20-14)18-11-5-10(17)9(16)4-8(11)3/h4-7H,1-3H3,(H,18,19,20). The number of aryl methyl sites for hydroxylation is 1. The maximum atomic E-state index is 13.3. The molecular weight excluding hydrogens is 284 g/mol. The van der Waals surface area contributed by atoms with Crippen LogP contribution in [0.1, 0.15) is 31.2 Å². The lowest BCUT2D eigenvalue weighted by atomic mass is 10.2. The normalized spacial score (nSPS) is 10.9. The van der Waals surface area contributed by atoms with Gasteiger partial charge in [-0.25, -0.2) is 18.7 Å². The second-order valence-electron chi connectivity index (χ2n) is 4.80. The van der Waals surface area contributed by atoms with Crippen molar-refractivity contribution in [3.05, 3.63) is 46.4 Å². The molecule has 0 aliphatic rings.